The monoisotopic (exact) mass is 285 g/mol. The van der Waals surface area contributed by atoms with Crippen LogP contribution in [0.2, 0.25) is 0 Å². The van der Waals surface area contributed by atoms with Gasteiger partial charge >= 0.3 is 5.69 Å². The number of rotatable bonds is 4. The molecule has 0 radical (unpaired) electrons. The Hall–Kier alpha value is -1.28. The maximum atomic E-state index is 13.3. The van der Waals surface area contributed by atoms with Crippen LogP contribution in [0.25, 0.3) is 0 Å². The van der Waals surface area contributed by atoms with Crippen LogP contribution in [0.5, 0.6) is 0 Å². The fourth-order valence-electron chi connectivity index (χ4n) is 1.14. The van der Waals surface area contributed by atoms with Gasteiger partial charge in [-0.1, -0.05) is 0 Å². The molecule has 0 atom stereocenters. The molecule has 17 heavy (non-hydrogen) atoms. The molecule has 0 N–H and O–H groups in total. The van der Waals surface area contributed by atoms with Crippen LogP contribution in [0.4, 0.5) is 14.5 Å². The first-order valence-corrected chi connectivity index (χ1v) is 6.73. The van der Waals surface area contributed by atoms with Gasteiger partial charge in [0.1, 0.15) is 5.82 Å². The predicted octanol–water partition coefficient (Wildman–Crippen LogP) is 1.98. The molecule has 0 saturated heterocycles. The molecule has 1 rings (SSSR count). The molecule has 0 heterocycles. The molecule has 0 fully saturated rings. The molecule has 1 aromatic carbocycles. The summed E-state index contributed by atoms with van der Waals surface area (Å²) < 4.78 is 47.6. The number of nitrogens with zero attached hydrogens (tertiary/aromatic N) is 1. The fourth-order valence-corrected chi connectivity index (χ4v) is 1.84. The second kappa shape index (κ2) is 4.92. The first kappa shape index (κ1) is 13.8. The molecule has 0 saturated carbocycles. The van der Waals surface area contributed by atoms with Gasteiger partial charge in [-0.3, -0.25) is 10.1 Å². The Balaban J connectivity index is 3.04. The van der Waals surface area contributed by atoms with Gasteiger partial charge < -0.3 is 0 Å². The molecule has 94 valence electrons. The van der Waals surface area contributed by atoms with Crippen LogP contribution >= 0.6 is 10.7 Å². The summed E-state index contributed by atoms with van der Waals surface area (Å²) in [6.07, 6.45) is -0.355. The Morgan fingerprint density at radius 1 is 1.29 bits per heavy atom. The van der Waals surface area contributed by atoms with Crippen LogP contribution in [0.1, 0.15) is 5.56 Å². The molecule has 1 aromatic rings. The second-order valence-electron chi connectivity index (χ2n) is 3.15. The smallest absolute Gasteiger partial charge is 0.258 e. The number of benzene rings is 1. The highest BCUT2D eigenvalue weighted by Gasteiger charge is 2.19. The van der Waals surface area contributed by atoms with Gasteiger partial charge in [0, 0.05) is 10.7 Å². The van der Waals surface area contributed by atoms with E-state index in [-0.39, 0.29) is 12.0 Å². The average molecular weight is 286 g/mol. The van der Waals surface area contributed by atoms with Gasteiger partial charge in [-0.2, -0.15) is 4.39 Å². The highest BCUT2D eigenvalue weighted by molar-refractivity contribution is 8.13. The Bertz CT molecular complexity index is 561. The van der Waals surface area contributed by atoms with E-state index in [0.29, 0.717) is 12.1 Å². The standard InChI is InChI=1S/C8H6ClF2NO4S/c9-17(15,16)2-1-5-3-7(11)8(12(13)14)4-6(5)10/h3-4H,1-2H2. The van der Waals surface area contributed by atoms with Crippen LogP contribution in [0, 0.1) is 21.7 Å². The van der Waals surface area contributed by atoms with Crippen molar-refractivity contribution in [1.82, 2.24) is 0 Å². The van der Waals surface area contributed by atoms with Gasteiger partial charge in [0.25, 0.3) is 0 Å². The van der Waals surface area contributed by atoms with E-state index in [4.69, 9.17) is 10.7 Å². The van der Waals surface area contributed by atoms with Crippen LogP contribution in [-0.2, 0) is 15.5 Å². The lowest BCUT2D eigenvalue weighted by Crippen LogP contribution is -2.04. The molecule has 0 unspecified atom stereocenters. The third-order valence-corrected chi connectivity index (χ3v) is 3.08. The number of nitro groups is 1. The quantitative estimate of drug-likeness (QED) is 0.481. The Labute approximate surface area is 99.6 Å². The lowest BCUT2D eigenvalue weighted by atomic mass is 10.1. The molecule has 5 nitrogen and oxygen atoms in total. The van der Waals surface area contributed by atoms with Crippen LogP contribution < -0.4 is 0 Å². The normalized spacial score (nSPS) is 11.5. The van der Waals surface area contributed by atoms with Gasteiger partial charge in [-0.15, -0.1) is 0 Å². The van der Waals surface area contributed by atoms with Crippen LogP contribution in [0.15, 0.2) is 12.1 Å². The van der Waals surface area contributed by atoms with E-state index in [0.717, 1.165) is 0 Å². The average Bonchev–Trinajstić information content (AvgIpc) is 2.17. The van der Waals surface area contributed by atoms with E-state index in [2.05, 4.69) is 0 Å². The summed E-state index contributed by atoms with van der Waals surface area (Å²) in [6.45, 7) is 0. The van der Waals surface area contributed by atoms with Gasteiger partial charge in [0.05, 0.1) is 16.7 Å². The molecule has 0 aliphatic heterocycles. The van der Waals surface area contributed by atoms with E-state index in [9.17, 15) is 27.3 Å². The van der Waals surface area contributed by atoms with E-state index >= 15 is 0 Å². The number of hydrogen-bond donors (Lipinski definition) is 0. The minimum Gasteiger partial charge on any atom is -0.258 e. The lowest BCUT2D eigenvalue weighted by Gasteiger charge is -2.02. The van der Waals surface area contributed by atoms with Crippen LogP contribution in [0.3, 0.4) is 0 Å². The summed E-state index contributed by atoms with van der Waals surface area (Å²) >= 11 is 0. The van der Waals surface area contributed by atoms with E-state index in [1.807, 2.05) is 0 Å². The molecular weight excluding hydrogens is 280 g/mol. The van der Waals surface area contributed by atoms with Crippen molar-refractivity contribution in [2.24, 2.45) is 0 Å². The zero-order valence-corrected chi connectivity index (χ0v) is 9.76. The van der Waals surface area contributed by atoms with E-state index in [1.54, 1.807) is 0 Å². The van der Waals surface area contributed by atoms with Gasteiger partial charge in [-0.05, 0) is 18.1 Å². The van der Waals surface area contributed by atoms with Crippen molar-refractivity contribution in [3.05, 3.63) is 39.4 Å². The third-order valence-electron chi connectivity index (χ3n) is 1.93. The molecule has 0 amide bonds. The number of hydrogen-bond acceptors (Lipinski definition) is 4. The maximum Gasteiger partial charge on any atom is 0.307 e. The summed E-state index contributed by atoms with van der Waals surface area (Å²) in [5.74, 6) is -2.85. The Morgan fingerprint density at radius 2 is 1.88 bits per heavy atom. The molecule has 0 bridgehead atoms. The van der Waals surface area contributed by atoms with Crippen molar-refractivity contribution in [3.63, 3.8) is 0 Å². The first-order valence-electron chi connectivity index (χ1n) is 4.25. The number of halogens is 3. The van der Waals surface area contributed by atoms with Crippen molar-refractivity contribution in [2.45, 2.75) is 6.42 Å². The number of aryl methyl sites for hydroxylation is 1. The van der Waals surface area contributed by atoms with Gasteiger partial charge in [0.15, 0.2) is 0 Å². The molecular formula is C8H6ClF2NO4S. The summed E-state index contributed by atoms with van der Waals surface area (Å²) in [4.78, 5) is 9.22. The minimum atomic E-state index is -3.83. The van der Waals surface area contributed by atoms with Crippen molar-refractivity contribution in [3.8, 4) is 0 Å². The predicted molar refractivity (Wildman–Crippen MR) is 56.4 cm³/mol. The second-order valence-corrected chi connectivity index (χ2v) is 6.04. The van der Waals surface area contributed by atoms with Crippen LogP contribution in [-0.4, -0.2) is 19.1 Å². The molecule has 0 aromatic heterocycles. The summed E-state index contributed by atoms with van der Waals surface area (Å²) in [5.41, 5.74) is -1.28. The SMILES string of the molecule is O=[N+]([O-])c1cc(F)c(CCS(=O)(=O)Cl)cc1F. The van der Waals surface area contributed by atoms with Crippen molar-refractivity contribution in [1.29, 1.82) is 0 Å². The third kappa shape index (κ3) is 3.90. The Morgan fingerprint density at radius 3 is 2.35 bits per heavy atom. The Kier molecular flexibility index (Phi) is 3.99. The van der Waals surface area contributed by atoms with E-state index < -0.39 is 37.0 Å². The summed E-state index contributed by atoms with van der Waals surface area (Å²) in [6, 6.07) is 1.00. The summed E-state index contributed by atoms with van der Waals surface area (Å²) in [5, 5.41) is 10.3. The largest absolute Gasteiger partial charge is 0.307 e. The molecule has 0 spiro atoms. The summed E-state index contributed by atoms with van der Waals surface area (Å²) in [7, 11) is 1.08. The molecule has 0 aliphatic carbocycles. The van der Waals surface area contributed by atoms with Crippen molar-refractivity contribution < 1.29 is 22.1 Å². The first-order chi connectivity index (χ1) is 7.70. The highest BCUT2D eigenvalue weighted by Crippen LogP contribution is 2.22. The fraction of sp³-hybridized carbons (Fsp3) is 0.250. The van der Waals surface area contributed by atoms with Crippen molar-refractivity contribution >= 4 is 25.4 Å². The topological polar surface area (TPSA) is 77.3 Å². The van der Waals surface area contributed by atoms with Crippen molar-refractivity contribution in [2.75, 3.05) is 5.75 Å². The highest BCUT2D eigenvalue weighted by atomic mass is 35.7. The van der Waals surface area contributed by atoms with Gasteiger partial charge in [-0.25, -0.2) is 12.8 Å². The zero-order valence-electron chi connectivity index (χ0n) is 8.19. The maximum absolute atomic E-state index is 13.3. The lowest BCUT2D eigenvalue weighted by molar-refractivity contribution is -0.387. The zero-order chi connectivity index (χ0) is 13.2. The number of nitro benzene ring substituents is 1. The molecule has 0 aliphatic rings. The minimum absolute atomic E-state index is 0.280. The molecule has 9 heteroatoms. The van der Waals surface area contributed by atoms with Gasteiger partial charge in [0.2, 0.25) is 14.9 Å². The van der Waals surface area contributed by atoms with E-state index in [1.165, 1.54) is 0 Å².